The second-order valence-corrected chi connectivity index (χ2v) is 11.6. The van der Waals surface area contributed by atoms with Crippen molar-refractivity contribution in [1.29, 1.82) is 0 Å². The minimum Gasteiger partial charge on any atom is -0.390 e. The van der Waals surface area contributed by atoms with Gasteiger partial charge in [0.15, 0.2) is 0 Å². The van der Waals surface area contributed by atoms with Crippen molar-refractivity contribution < 1.29 is 23.5 Å². The normalized spacial score (nSPS) is 23.6. The lowest BCUT2D eigenvalue weighted by molar-refractivity contribution is -0.116. The lowest BCUT2D eigenvalue weighted by Gasteiger charge is -2.39. The van der Waals surface area contributed by atoms with Crippen LogP contribution in [0.4, 0.5) is 14.5 Å². The van der Waals surface area contributed by atoms with E-state index in [1.54, 1.807) is 23.1 Å². The molecule has 1 saturated heterocycles. The Balaban J connectivity index is 0.00000323. The number of aliphatic hydroxyl groups is 1. The molecule has 6 rings (SSSR count). The second kappa shape index (κ2) is 10.9. The molecule has 1 spiro atoms. The zero-order valence-electron chi connectivity index (χ0n) is 22.7. The summed E-state index contributed by atoms with van der Waals surface area (Å²) in [5.74, 6) is -3.48. The van der Waals surface area contributed by atoms with E-state index in [9.17, 15) is 23.5 Å². The van der Waals surface area contributed by atoms with Crippen molar-refractivity contribution in [2.24, 2.45) is 5.41 Å². The number of likely N-dealkylation sites (tertiary alicyclic amines) is 1. The van der Waals surface area contributed by atoms with E-state index in [0.29, 0.717) is 75.2 Å². The number of piperidine rings is 1. The monoisotopic (exact) mass is 574 g/mol. The maximum absolute atomic E-state index is 14.7. The SMILES string of the molecule is CCN1CCN(C[C@@H](O)[C@@H]2Cc3ccccc3CN2)C(=O)c2ccc(C(=O)N3CCC4(CC4)C(F)(F)C3)cc21.Cl. The molecular formula is C30H37ClF2N4O3. The van der Waals surface area contributed by atoms with Gasteiger partial charge in [-0.3, -0.25) is 9.59 Å². The Hall–Kier alpha value is -2.75. The third kappa shape index (κ3) is 5.08. The molecule has 40 heavy (non-hydrogen) atoms. The number of aliphatic hydroxyl groups excluding tert-OH is 1. The van der Waals surface area contributed by atoms with Gasteiger partial charge in [-0.25, -0.2) is 8.78 Å². The fourth-order valence-electron chi connectivity index (χ4n) is 6.49. The van der Waals surface area contributed by atoms with E-state index in [2.05, 4.69) is 17.4 Å². The van der Waals surface area contributed by atoms with E-state index in [0.717, 1.165) is 0 Å². The third-order valence-electron chi connectivity index (χ3n) is 9.28. The summed E-state index contributed by atoms with van der Waals surface area (Å²) in [5.41, 5.74) is 2.94. The Morgan fingerprint density at radius 3 is 2.50 bits per heavy atom. The van der Waals surface area contributed by atoms with Gasteiger partial charge in [0.2, 0.25) is 0 Å². The first-order valence-corrected chi connectivity index (χ1v) is 14.0. The molecule has 216 valence electrons. The van der Waals surface area contributed by atoms with Crippen molar-refractivity contribution in [2.75, 3.05) is 44.2 Å². The van der Waals surface area contributed by atoms with Gasteiger partial charge < -0.3 is 25.1 Å². The van der Waals surface area contributed by atoms with Crippen LogP contribution in [-0.4, -0.2) is 84.1 Å². The number of hydrogen-bond acceptors (Lipinski definition) is 5. The van der Waals surface area contributed by atoms with Crippen molar-refractivity contribution in [1.82, 2.24) is 15.1 Å². The number of halogens is 3. The number of nitrogens with zero attached hydrogens (tertiary/aromatic N) is 3. The maximum Gasteiger partial charge on any atom is 0.270 e. The van der Waals surface area contributed by atoms with Crippen LogP contribution in [0.5, 0.6) is 0 Å². The van der Waals surface area contributed by atoms with Crippen LogP contribution in [0, 0.1) is 5.41 Å². The number of alkyl halides is 2. The molecule has 2 atom stereocenters. The van der Waals surface area contributed by atoms with Gasteiger partial charge >= 0.3 is 0 Å². The number of carbonyl (C=O) groups is 2. The minimum atomic E-state index is -2.87. The first-order valence-electron chi connectivity index (χ1n) is 14.0. The Morgan fingerprint density at radius 1 is 1.07 bits per heavy atom. The molecule has 0 aromatic heterocycles. The van der Waals surface area contributed by atoms with Crippen LogP contribution in [0.3, 0.4) is 0 Å². The highest BCUT2D eigenvalue weighted by Crippen LogP contribution is 2.61. The number of anilines is 1. The molecule has 1 saturated carbocycles. The average molecular weight is 575 g/mol. The number of nitrogens with one attached hydrogen (secondary N) is 1. The predicted octanol–water partition coefficient (Wildman–Crippen LogP) is 3.73. The van der Waals surface area contributed by atoms with Gasteiger partial charge in [0.1, 0.15) is 0 Å². The standard InChI is InChI=1S/C30H36F2N4O3.ClH/c1-2-34-13-14-35(18-26(37)24-15-20-5-3-4-6-22(20)17-33-24)28(39)23-8-7-21(16-25(23)34)27(38)36-12-11-29(9-10-29)30(31,32)19-36;/h3-8,16,24,26,33,37H,2,9-15,17-19H2,1H3;1H/t24-,26+;/m0./s1. The highest BCUT2D eigenvalue weighted by atomic mass is 35.5. The number of rotatable bonds is 5. The van der Waals surface area contributed by atoms with Crippen LogP contribution in [0.15, 0.2) is 42.5 Å². The van der Waals surface area contributed by atoms with E-state index < -0.39 is 29.9 Å². The Labute approximate surface area is 239 Å². The van der Waals surface area contributed by atoms with Gasteiger partial charge in [0, 0.05) is 56.3 Å². The number of β-amino-alcohol motifs (C(OH)–C–C–N with tert-alkyl or cyclic N) is 1. The Kier molecular flexibility index (Phi) is 7.85. The number of amides is 2. The zero-order valence-corrected chi connectivity index (χ0v) is 23.6. The van der Waals surface area contributed by atoms with E-state index in [1.807, 2.05) is 24.0 Å². The topological polar surface area (TPSA) is 76.1 Å². The Morgan fingerprint density at radius 2 is 1.80 bits per heavy atom. The maximum atomic E-state index is 14.7. The largest absolute Gasteiger partial charge is 0.390 e. The molecule has 0 unspecified atom stereocenters. The molecule has 2 aromatic carbocycles. The molecular weight excluding hydrogens is 538 g/mol. The number of hydrogen-bond donors (Lipinski definition) is 2. The first kappa shape index (κ1) is 28.8. The summed E-state index contributed by atoms with van der Waals surface area (Å²) >= 11 is 0. The molecule has 3 aliphatic heterocycles. The van der Waals surface area contributed by atoms with Crippen LogP contribution in [0.25, 0.3) is 0 Å². The van der Waals surface area contributed by atoms with E-state index in [1.165, 1.54) is 16.0 Å². The zero-order chi connectivity index (χ0) is 27.4. The molecule has 2 amide bonds. The summed E-state index contributed by atoms with van der Waals surface area (Å²) in [5, 5.41) is 14.5. The highest BCUT2D eigenvalue weighted by molar-refractivity contribution is 6.03. The number of benzene rings is 2. The van der Waals surface area contributed by atoms with Crippen LogP contribution in [-0.2, 0) is 13.0 Å². The number of carbonyl (C=O) groups excluding carboxylic acids is 2. The van der Waals surface area contributed by atoms with Gasteiger partial charge in [-0.05, 0) is 61.9 Å². The summed E-state index contributed by atoms with van der Waals surface area (Å²) in [4.78, 5) is 31.9. The lowest BCUT2D eigenvalue weighted by atomic mass is 9.89. The Bertz CT molecular complexity index is 1290. The van der Waals surface area contributed by atoms with Crippen molar-refractivity contribution in [3.8, 4) is 0 Å². The molecule has 2 aromatic rings. The average Bonchev–Trinajstić information content (AvgIpc) is 3.75. The van der Waals surface area contributed by atoms with Gasteiger partial charge in [0.05, 0.1) is 23.9 Å². The molecule has 0 bridgehead atoms. The molecule has 10 heteroatoms. The molecule has 1 aliphatic carbocycles. The smallest absolute Gasteiger partial charge is 0.270 e. The summed E-state index contributed by atoms with van der Waals surface area (Å²) in [6.45, 7) is 4.24. The minimum absolute atomic E-state index is 0. The van der Waals surface area contributed by atoms with Crippen LogP contribution >= 0.6 is 12.4 Å². The fraction of sp³-hybridized carbons (Fsp3) is 0.533. The molecule has 2 N–H and O–H groups in total. The van der Waals surface area contributed by atoms with Crippen molar-refractivity contribution in [2.45, 2.75) is 57.2 Å². The summed E-state index contributed by atoms with van der Waals surface area (Å²) in [7, 11) is 0. The summed E-state index contributed by atoms with van der Waals surface area (Å²) < 4.78 is 29.5. The van der Waals surface area contributed by atoms with Crippen molar-refractivity contribution in [3.05, 3.63) is 64.7 Å². The summed E-state index contributed by atoms with van der Waals surface area (Å²) in [6.07, 6.45) is 1.34. The van der Waals surface area contributed by atoms with E-state index in [-0.39, 0.29) is 30.9 Å². The van der Waals surface area contributed by atoms with Gasteiger partial charge in [-0.15, -0.1) is 12.4 Å². The second-order valence-electron chi connectivity index (χ2n) is 11.6. The van der Waals surface area contributed by atoms with E-state index in [4.69, 9.17) is 0 Å². The fourth-order valence-corrected chi connectivity index (χ4v) is 6.49. The molecule has 3 heterocycles. The van der Waals surface area contributed by atoms with Crippen LogP contribution < -0.4 is 10.2 Å². The molecule has 2 fully saturated rings. The van der Waals surface area contributed by atoms with Gasteiger partial charge in [-0.2, -0.15) is 0 Å². The lowest BCUT2D eigenvalue weighted by Crippen LogP contribution is -2.51. The number of likely N-dealkylation sites (N-methyl/N-ethyl adjacent to an activating group) is 1. The highest BCUT2D eigenvalue weighted by Gasteiger charge is 2.64. The molecule has 0 radical (unpaired) electrons. The number of fused-ring (bicyclic) bond motifs is 2. The van der Waals surface area contributed by atoms with Crippen LogP contribution in [0.2, 0.25) is 0 Å². The third-order valence-corrected chi connectivity index (χ3v) is 9.28. The first-order chi connectivity index (χ1) is 18.7. The van der Waals surface area contributed by atoms with Gasteiger partial charge in [0.25, 0.3) is 17.7 Å². The predicted molar refractivity (Wildman–Crippen MR) is 151 cm³/mol. The summed E-state index contributed by atoms with van der Waals surface area (Å²) in [6, 6.07) is 12.9. The quantitative estimate of drug-likeness (QED) is 0.569. The molecule has 4 aliphatic rings. The van der Waals surface area contributed by atoms with Crippen molar-refractivity contribution in [3.63, 3.8) is 0 Å². The van der Waals surface area contributed by atoms with Crippen LogP contribution in [0.1, 0.15) is 58.0 Å². The van der Waals surface area contributed by atoms with Gasteiger partial charge in [-0.1, -0.05) is 24.3 Å². The van der Waals surface area contributed by atoms with Crippen molar-refractivity contribution >= 4 is 29.9 Å². The van der Waals surface area contributed by atoms with E-state index >= 15 is 0 Å². The molecule has 7 nitrogen and oxygen atoms in total.